The van der Waals surface area contributed by atoms with Gasteiger partial charge in [-0.2, -0.15) is 8.78 Å². The van der Waals surface area contributed by atoms with Crippen LogP contribution in [0.2, 0.25) is 5.02 Å². The maximum atomic E-state index is 12.2. The molecule has 19 heavy (non-hydrogen) atoms. The van der Waals surface area contributed by atoms with Crippen molar-refractivity contribution in [2.75, 3.05) is 0 Å². The van der Waals surface area contributed by atoms with Gasteiger partial charge in [0.15, 0.2) is 0 Å². The Morgan fingerprint density at radius 2 is 1.74 bits per heavy atom. The van der Waals surface area contributed by atoms with Crippen LogP contribution in [0, 0.1) is 0 Å². The van der Waals surface area contributed by atoms with Crippen LogP contribution in [0.4, 0.5) is 8.78 Å². The SMILES string of the molecule is O=Cc1cc(OC(F)F)cc(-c2ccc(Cl)cc2)c1. The van der Waals surface area contributed by atoms with E-state index in [4.69, 9.17) is 11.6 Å². The van der Waals surface area contributed by atoms with Gasteiger partial charge in [-0.1, -0.05) is 23.7 Å². The second kappa shape index (κ2) is 5.80. The quantitative estimate of drug-likeness (QED) is 0.776. The van der Waals surface area contributed by atoms with Gasteiger partial charge in [-0.25, -0.2) is 0 Å². The molecule has 2 nitrogen and oxygen atoms in total. The minimum atomic E-state index is -2.93. The van der Waals surface area contributed by atoms with E-state index in [0.29, 0.717) is 16.9 Å². The minimum absolute atomic E-state index is 0.0513. The number of rotatable bonds is 4. The van der Waals surface area contributed by atoms with Crippen LogP contribution in [0.3, 0.4) is 0 Å². The Labute approximate surface area is 113 Å². The molecular formula is C14H9ClF2O2. The summed E-state index contributed by atoms with van der Waals surface area (Å²) in [6, 6.07) is 11.1. The second-order valence-electron chi connectivity index (χ2n) is 3.79. The molecule has 0 aromatic heterocycles. The molecule has 2 rings (SSSR count). The maximum Gasteiger partial charge on any atom is 0.387 e. The van der Waals surface area contributed by atoms with Gasteiger partial charge in [0.05, 0.1) is 0 Å². The molecule has 0 aliphatic rings. The van der Waals surface area contributed by atoms with Crippen LogP contribution in [0.5, 0.6) is 5.75 Å². The predicted molar refractivity (Wildman–Crippen MR) is 68.9 cm³/mol. The van der Waals surface area contributed by atoms with E-state index in [1.807, 2.05) is 0 Å². The van der Waals surface area contributed by atoms with Gasteiger partial charge in [0, 0.05) is 10.6 Å². The van der Waals surface area contributed by atoms with Crippen LogP contribution < -0.4 is 4.74 Å². The average molecular weight is 283 g/mol. The van der Waals surface area contributed by atoms with Crippen LogP contribution in [-0.2, 0) is 0 Å². The highest BCUT2D eigenvalue weighted by atomic mass is 35.5. The fourth-order valence-electron chi connectivity index (χ4n) is 1.67. The zero-order chi connectivity index (χ0) is 13.8. The third-order valence-corrected chi connectivity index (χ3v) is 2.72. The molecule has 2 aromatic rings. The molecular weight excluding hydrogens is 274 g/mol. The number of hydrogen-bond acceptors (Lipinski definition) is 2. The minimum Gasteiger partial charge on any atom is -0.435 e. The Hall–Kier alpha value is -1.94. The maximum absolute atomic E-state index is 12.2. The fourth-order valence-corrected chi connectivity index (χ4v) is 1.80. The molecule has 0 aliphatic carbocycles. The van der Waals surface area contributed by atoms with Crippen LogP contribution in [-0.4, -0.2) is 12.9 Å². The lowest BCUT2D eigenvalue weighted by Gasteiger charge is -2.08. The first-order chi connectivity index (χ1) is 9.08. The van der Waals surface area contributed by atoms with Gasteiger partial charge in [-0.3, -0.25) is 4.79 Å². The first-order valence-corrected chi connectivity index (χ1v) is 5.77. The first-order valence-electron chi connectivity index (χ1n) is 5.39. The highest BCUT2D eigenvalue weighted by Crippen LogP contribution is 2.27. The number of hydrogen-bond donors (Lipinski definition) is 0. The highest BCUT2D eigenvalue weighted by Gasteiger charge is 2.08. The molecule has 0 N–H and O–H groups in total. The Bertz CT molecular complexity index is 582. The van der Waals surface area contributed by atoms with E-state index in [0.717, 1.165) is 5.56 Å². The molecule has 5 heteroatoms. The highest BCUT2D eigenvalue weighted by molar-refractivity contribution is 6.30. The molecule has 0 atom stereocenters. The number of aldehydes is 1. The van der Waals surface area contributed by atoms with Gasteiger partial charge in [0.1, 0.15) is 12.0 Å². The van der Waals surface area contributed by atoms with Gasteiger partial charge >= 0.3 is 6.61 Å². The summed E-state index contributed by atoms with van der Waals surface area (Å²) >= 11 is 5.78. The Kier molecular flexibility index (Phi) is 4.12. The van der Waals surface area contributed by atoms with Gasteiger partial charge in [0.2, 0.25) is 0 Å². The van der Waals surface area contributed by atoms with E-state index in [2.05, 4.69) is 4.74 Å². The van der Waals surface area contributed by atoms with Crippen molar-refractivity contribution in [3.8, 4) is 16.9 Å². The zero-order valence-electron chi connectivity index (χ0n) is 9.65. The number of benzene rings is 2. The number of carbonyl (C=O) groups is 1. The van der Waals surface area contributed by atoms with Crippen molar-refractivity contribution < 1.29 is 18.3 Å². The molecule has 2 aromatic carbocycles. The summed E-state index contributed by atoms with van der Waals surface area (Å²) in [5, 5.41) is 0.569. The summed E-state index contributed by atoms with van der Waals surface area (Å²) in [6.07, 6.45) is 0.581. The van der Waals surface area contributed by atoms with Gasteiger partial charge in [-0.15, -0.1) is 0 Å². The monoisotopic (exact) mass is 282 g/mol. The van der Waals surface area contributed by atoms with Gasteiger partial charge < -0.3 is 4.74 Å². The second-order valence-corrected chi connectivity index (χ2v) is 4.23. The summed E-state index contributed by atoms with van der Waals surface area (Å²) < 4.78 is 28.8. The lowest BCUT2D eigenvalue weighted by Crippen LogP contribution is -2.02. The molecule has 98 valence electrons. The van der Waals surface area contributed by atoms with Crippen molar-refractivity contribution >= 4 is 17.9 Å². The van der Waals surface area contributed by atoms with Gasteiger partial charge in [0.25, 0.3) is 0 Å². The lowest BCUT2D eigenvalue weighted by molar-refractivity contribution is -0.0498. The standard InChI is InChI=1S/C14H9ClF2O2/c15-12-3-1-10(2-4-12)11-5-9(8-18)6-13(7-11)19-14(16)17/h1-8,14H. The molecule has 0 spiro atoms. The number of ether oxygens (including phenoxy) is 1. The third kappa shape index (κ3) is 3.51. The number of alkyl halides is 2. The number of halogens is 3. The van der Waals surface area contributed by atoms with E-state index in [1.54, 1.807) is 30.3 Å². The van der Waals surface area contributed by atoms with E-state index in [-0.39, 0.29) is 11.3 Å². The molecule has 0 unspecified atom stereocenters. The zero-order valence-corrected chi connectivity index (χ0v) is 10.4. The van der Waals surface area contributed by atoms with Crippen molar-refractivity contribution in [2.24, 2.45) is 0 Å². The summed E-state index contributed by atoms with van der Waals surface area (Å²) in [7, 11) is 0. The van der Waals surface area contributed by atoms with Crippen molar-refractivity contribution in [3.63, 3.8) is 0 Å². The van der Waals surface area contributed by atoms with Crippen LogP contribution in [0.25, 0.3) is 11.1 Å². The largest absolute Gasteiger partial charge is 0.435 e. The van der Waals surface area contributed by atoms with Crippen molar-refractivity contribution in [2.45, 2.75) is 6.61 Å². The first kappa shape index (κ1) is 13.5. The molecule has 0 saturated carbocycles. The average Bonchev–Trinajstić information content (AvgIpc) is 2.38. The fraction of sp³-hybridized carbons (Fsp3) is 0.0714. The van der Waals surface area contributed by atoms with E-state index in [9.17, 15) is 13.6 Å². The summed E-state index contributed by atoms with van der Waals surface area (Å²) in [6.45, 7) is -2.93. The summed E-state index contributed by atoms with van der Waals surface area (Å²) in [4.78, 5) is 10.8. The van der Waals surface area contributed by atoms with E-state index < -0.39 is 6.61 Å². The molecule has 0 radical (unpaired) electrons. The van der Waals surface area contributed by atoms with E-state index in [1.165, 1.54) is 12.1 Å². The number of carbonyl (C=O) groups excluding carboxylic acids is 1. The van der Waals surface area contributed by atoms with Gasteiger partial charge in [-0.05, 0) is 41.5 Å². The molecule has 0 heterocycles. The van der Waals surface area contributed by atoms with E-state index >= 15 is 0 Å². The van der Waals surface area contributed by atoms with Crippen LogP contribution in [0.15, 0.2) is 42.5 Å². The van der Waals surface area contributed by atoms with Crippen molar-refractivity contribution in [1.82, 2.24) is 0 Å². The molecule has 0 aliphatic heterocycles. The molecule has 0 saturated heterocycles. The smallest absolute Gasteiger partial charge is 0.387 e. The Balaban J connectivity index is 2.44. The van der Waals surface area contributed by atoms with Crippen LogP contribution >= 0.6 is 11.6 Å². The Morgan fingerprint density at radius 1 is 1.05 bits per heavy atom. The molecule has 0 amide bonds. The predicted octanol–water partition coefficient (Wildman–Crippen LogP) is 4.42. The summed E-state index contributed by atoms with van der Waals surface area (Å²) in [5.74, 6) is -0.0513. The molecule has 0 fully saturated rings. The van der Waals surface area contributed by atoms with Crippen LogP contribution in [0.1, 0.15) is 10.4 Å². The lowest BCUT2D eigenvalue weighted by atomic mass is 10.0. The van der Waals surface area contributed by atoms with Crippen molar-refractivity contribution in [1.29, 1.82) is 0 Å². The third-order valence-electron chi connectivity index (χ3n) is 2.47. The normalized spacial score (nSPS) is 10.5. The molecule has 0 bridgehead atoms. The Morgan fingerprint density at radius 3 is 2.32 bits per heavy atom. The summed E-state index contributed by atoms with van der Waals surface area (Å²) in [5.41, 5.74) is 1.63. The topological polar surface area (TPSA) is 26.3 Å². The van der Waals surface area contributed by atoms with Crippen molar-refractivity contribution in [3.05, 3.63) is 53.1 Å².